The normalized spacial score (nSPS) is 19.9. The fourth-order valence-corrected chi connectivity index (χ4v) is 4.75. The number of amides is 1. The molecule has 1 amide bonds. The summed E-state index contributed by atoms with van der Waals surface area (Å²) in [7, 11) is -3.67. The number of sulfonamides is 1. The van der Waals surface area contributed by atoms with Crippen LogP contribution in [0.3, 0.4) is 0 Å². The van der Waals surface area contributed by atoms with E-state index in [4.69, 9.17) is 0 Å². The number of nitrogens with one attached hydrogen (secondary N) is 3. The maximum Gasteiger partial charge on any atom is 0.251 e. The molecule has 2 aromatic rings. The molecule has 1 saturated heterocycles. The SMILES string of the molecule is CC1NCCCC1NC(=O)c1cccc(S(=O)(=O)NCc2cccs2)c1.Cl. The summed E-state index contributed by atoms with van der Waals surface area (Å²) in [6.07, 6.45) is 1.93. The Balaban J connectivity index is 0.00000261. The van der Waals surface area contributed by atoms with Crippen molar-refractivity contribution in [1.82, 2.24) is 15.4 Å². The summed E-state index contributed by atoms with van der Waals surface area (Å²) in [4.78, 5) is 13.6. The molecule has 0 radical (unpaired) electrons. The van der Waals surface area contributed by atoms with E-state index in [9.17, 15) is 13.2 Å². The van der Waals surface area contributed by atoms with Gasteiger partial charge in [-0.3, -0.25) is 4.79 Å². The van der Waals surface area contributed by atoms with Gasteiger partial charge in [-0.1, -0.05) is 12.1 Å². The van der Waals surface area contributed by atoms with Gasteiger partial charge in [0.2, 0.25) is 10.0 Å². The first-order valence-corrected chi connectivity index (χ1v) is 11.0. The average Bonchev–Trinajstić information content (AvgIpc) is 3.16. The lowest BCUT2D eigenvalue weighted by Gasteiger charge is -2.30. The highest BCUT2D eigenvalue weighted by molar-refractivity contribution is 7.89. The number of carbonyl (C=O) groups excluding carboxylic acids is 1. The molecule has 3 N–H and O–H groups in total. The lowest BCUT2D eigenvalue weighted by atomic mass is 9.99. The number of carbonyl (C=O) groups is 1. The predicted molar refractivity (Wildman–Crippen MR) is 110 cm³/mol. The Morgan fingerprint density at radius 3 is 2.81 bits per heavy atom. The molecule has 2 unspecified atom stereocenters. The van der Waals surface area contributed by atoms with E-state index < -0.39 is 10.0 Å². The molecule has 0 spiro atoms. The van der Waals surface area contributed by atoms with Crippen LogP contribution in [-0.2, 0) is 16.6 Å². The van der Waals surface area contributed by atoms with Crippen LogP contribution in [0, 0.1) is 0 Å². The molecule has 1 fully saturated rings. The van der Waals surface area contributed by atoms with Crippen molar-refractivity contribution in [3.63, 3.8) is 0 Å². The summed E-state index contributed by atoms with van der Waals surface area (Å²) < 4.78 is 27.6. The fourth-order valence-electron chi connectivity index (χ4n) is 2.96. The molecular weight excluding hydrogens is 406 g/mol. The molecular formula is C18H24ClN3O3S2. The van der Waals surface area contributed by atoms with E-state index in [1.165, 1.54) is 23.5 Å². The fraction of sp³-hybridized carbons (Fsp3) is 0.389. The quantitative estimate of drug-likeness (QED) is 0.658. The smallest absolute Gasteiger partial charge is 0.251 e. The van der Waals surface area contributed by atoms with E-state index in [1.54, 1.807) is 12.1 Å². The van der Waals surface area contributed by atoms with Crippen LogP contribution < -0.4 is 15.4 Å². The van der Waals surface area contributed by atoms with Crippen LogP contribution in [-0.4, -0.2) is 33.0 Å². The third kappa shape index (κ3) is 5.76. The second-order valence-corrected chi connectivity index (χ2v) is 9.20. The van der Waals surface area contributed by atoms with Crippen LogP contribution >= 0.6 is 23.7 Å². The molecule has 0 saturated carbocycles. The van der Waals surface area contributed by atoms with Crippen LogP contribution in [0.15, 0.2) is 46.7 Å². The van der Waals surface area contributed by atoms with Gasteiger partial charge in [0, 0.05) is 29.1 Å². The largest absolute Gasteiger partial charge is 0.348 e. The molecule has 6 nitrogen and oxygen atoms in total. The molecule has 148 valence electrons. The minimum atomic E-state index is -3.67. The van der Waals surface area contributed by atoms with Crippen molar-refractivity contribution in [3.05, 3.63) is 52.2 Å². The number of rotatable bonds is 6. The molecule has 1 aliphatic rings. The van der Waals surface area contributed by atoms with E-state index >= 15 is 0 Å². The molecule has 9 heteroatoms. The minimum absolute atomic E-state index is 0. The first-order valence-electron chi connectivity index (χ1n) is 8.62. The summed E-state index contributed by atoms with van der Waals surface area (Å²) in [5, 5.41) is 8.24. The van der Waals surface area contributed by atoms with Crippen LogP contribution in [0.25, 0.3) is 0 Å². The van der Waals surface area contributed by atoms with Crippen molar-refractivity contribution in [3.8, 4) is 0 Å². The maximum atomic E-state index is 12.5. The standard InChI is InChI=1S/C18H23N3O3S2.ClH/c1-13-17(8-3-9-19-13)21-18(22)14-5-2-7-16(11-14)26(23,24)20-12-15-6-4-10-25-15;/h2,4-7,10-11,13,17,19-20H,3,8-9,12H2,1H3,(H,21,22);1H. The van der Waals surface area contributed by atoms with Gasteiger partial charge in [0.15, 0.2) is 0 Å². The second-order valence-electron chi connectivity index (χ2n) is 6.40. The number of thiophene rings is 1. The molecule has 27 heavy (non-hydrogen) atoms. The number of halogens is 1. The van der Waals surface area contributed by atoms with Gasteiger partial charge in [-0.15, -0.1) is 23.7 Å². The zero-order chi connectivity index (χ0) is 18.6. The third-order valence-corrected chi connectivity index (χ3v) is 6.78. The summed E-state index contributed by atoms with van der Waals surface area (Å²) in [6.45, 7) is 3.23. The molecule has 0 aliphatic carbocycles. The number of piperidine rings is 1. The number of benzene rings is 1. The Kier molecular flexibility index (Phi) is 7.81. The molecule has 0 bridgehead atoms. The summed E-state index contributed by atoms with van der Waals surface area (Å²) >= 11 is 1.49. The van der Waals surface area contributed by atoms with E-state index in [0.29, 0.717) is 5.56 Å². The Morgan fingerprint density at radius 2 is 2.11 bits per heavy atom. The molecule has 3 rings (SSSR count). The Labute approximate surface area is 170 Å². The van der Waals surface area contributed by atoms with Gasteiger partial charge >= 0.3 is 0 Å². The molecule has 1 aromatic heterocycles. The average molecular weight is 430 g/mol. The Morgan fingerprint density at radius 1 is 1.30 bits per heavy atom. The molecule has 2 atom stereocenters. The highest BCUT2D eigenvalue weighted by Gasteiger charge is 2.23. The van der Waals surface area contributed by atoms with E-state index in [-0.39, 0.29) is 41.8 Å². The van der Waals surface area contributed by atoms with Crippen molar-refractivity contribution < 1.29 is 13.2 Å². The number of hydrogen-bond donors (Lipinski definition) is 3. The van der Waals surface area contributed by atoms with Gasteiger partial charge < -0.3 is 10.6 Å². The van der Waals surface area contributed by atoms with Crippen molar-refractivity contribution >= 4 is 39.7 Å². The maximum absolute atomic E-state index is 12.5. The van der Waals surface area contributed by atoms with Gasteiger partial charge in [-0.25, -0.2) is 13.1 Å². The van der Waals surface area contributed by atoms with Crippen molar-refractivity contribution in [2.24, 2.45) is 0 Å². The van der Waals surface area contributed by atoms with Crippen LogP contribution in [0.2, 0.25) is 0 Å². The zero-order valence-corrected chi connectivity index (χ0v) is 17.4. The van der Waals surface area contributed by atoms with E-state index in [0.717, 1.165) is 24.3 Å². The van der Waals surface area contributed by atoms with Gasteiger partial charge in [0.25, 0.3) is 5.91 Å². The van der Waals surface area contributed by atoms with Gasteiger partial charge in [-0.05, 0) is 56.0 Å². The van der Waals surface area contributed by atoms with E-state index in [2.05, 4.69) is 15.4 Å². The Hall–Kier alpha value is -1.45. The summed E-state index contributed by atoms with van der Waals surface area (Å²) in [5.74, 6) is -0.249. The van der Waals surface area contributed by atoms with Crippen molar-refractivity contribution in [2.75, 3.05) is 6.54 Å². The van der Waals surface area contributed by atoms with Crippen LogP contribution in [0.5, 0.6) is 0 Å². The highest BCUT2D eigenvalue weighted by atomic mass is 35.5. The first kappa shape index (κ1) is 21.8. The van der Waals surface area contributed by atoms with E-state index in [1.807, 2.05) is 24.4 Å². The summed E-state index contributed by atoms with van der Waals surface area (Å²) in [6, 6.07) is 10.1. The minimum Gasteiger partial charge on any atom is -0.348 e. The monoisotopic (exact) mass is 429 g/mol. The van der Waals surface area contributed by atoms with Crippen LogP contribution in [0.1, 0.15) is 35.0 Å². The highest BCUT2D eigenvalue weighted by Crippen LogP contribution is 2.15. The Bertz CT molecular complexity index is 856. The lowest BCUT2D eigenvalue weighted by molar-refractivity contribution is 0.0919. The lowest BCUT2D eigenvalue weighted by Crippen LogP contribution is -2.51. The topological polar surface area (TPSA) is 87.3 Å². The third-order valence-electron chi connectivity index (χ3n) is 4.50. The van der Waals surface area contributed by atoms with Crippen LogP contribution in [0.4, 0.5) is 0 Å². The molecule has 1 aromatic carbocycles. The molecule has 2 heterocycles. The first-order chi connectivity index (χ1) is 12.5. The second kappa shape index (κ2) is 9.66. The van der Waals surface area contributed by atoms with Crippen molar-refractivity contribution in [2.45, 2.75) is 43.3 Å². The van der Waals surface area contributed by atoms with Crippen molar-refractivity contribution in [1.29, 1.82) is 0 Å². The van der Waals surface area contributed by atoms with Gasteiger partial charge in [0.1, 0.15) is 0 Å². The van der Waals surface area contributed by atoms with Gasteiger partial charge in [-0.2, -0.15) is 0 Å². The summed E-state index contributed by atoms with van der Waals surface area (Å²) in [5.41, 5.74) is 0.349. The molecule has 1 aliphatic heterocycles. The predicted octanol–water partition coefficient (Wildman–Crippen LogP) is 2.52. The zero-order valence-electron chi connectivity index (χ0n) is 15.0. The van der Waals surface area contributed by atoms with Gasteiger partial charge in [0.05, 0.1) is 4.90 Å². The number of hydrogen-bond acceptors (Lipinski definition) is 5.